The zero-order valence-electron chi connectivity index (χ0n) is 9.90. The van der Waals surface area contributed by atoms with Crippen molar-refractivity contribution in [3.05, 3.63) is 28.5 Å². The number of nitrogens with zero attached hydrogens (tertiary/aromatic N) is 2. The number of halogens is 1. The van der Waals surface area contributed by atoms with Crippen LogP contribution in [0.5, 0.6) is 0 Å². The Balaban J connectivity index is 2.80. The minimum atomic E-state index is -0.139. The average molecular weight is 301 g/mol. The number of rotatable bonds is 6. The van der Waals surface area contributed by atoms with Crippen LogP contribution in [0.2, 0.25) is 0 Å². The van der Waals surface area contributed by atoms with Gasteiger partial charge in [-0.25, -0.2) is 4.98 Å². The van der Waals surface area contributed by atoms with E-state index in [4.69, 9.17) is 5.11 Å². The molecule has 1 amide bonds. The summed E-state index contributed by atoms with van der Waals surface area (Å²) in [4.78, 5) is 17.9. The molecule has 94 valence electrons. The van der Waals surface area contributed by atoms with Crippen LogP contribution in [-0.2, 0) is 0 Å². The fraction of sp³-hybridized carbons (Fsp3) is 0.500. The van der Waals surface area contributed by atoms with Gasteiger partial charge in [0, 0.05) is 23.8 Å². The molecule has 1 aromatic rings. The summed E-state index contributed by atoms with van der Waals surface area (Å²) in [6, 6.07) is 3.56. The highest BCUT2D eigenvalue weighted by Crippen LogP contribution is 2.15. The molecule has 17 heavy (non-hydrogen) atoms. The van der Waals surface area contributed by atoms with E-state index < -0.39 is 0 Å². The van der Waals surface area contributed by atoms with E-state index in [1.54, 1.807) is 23.2 Å². The second kappa shape index (κ2) is 7.40. The van der Waals surface area contributed by atoms with Crippen molar-refractivity contribution in [2.45, 2.75) is 19.8 Å². The van der Waals surface area contributed by atoms with Gasteiger partial charge in [-0.05, 0) is 34.5 Å². The van der Waals surface area contributed by atoms with E-state index in [-0.39, 0.29) is 12.5 Å². The monoisotopic (exact) mass is 300 g/mol. The number of amides is 1. The molecule has 0 aliphatic heterocycles. The SMILES string of the molecule is CCCCN(CCO)C(=O)c1ncccc1Br. The van der Waals surface area contributed by atoms with Gasteiger partial charge in [-0.3, -0.25) is 4.79 Å². The van der Waals surface area contributed by atoms with Crippen molar-refractivity contribution in [2.75, 3.05) is 19.7 Å². The van der Waals surface area contributed by atoms with Crippen LogP contribution in [-0.4, -0.2) is 40.6 Å². The number of pyridine rings is 1. The first-order valence-electron chi connectivity index (χ1n) is 5.71. The summed E-state index contributed by atoms with van der Waals surface area (Å²) in [5.41, 5.74) is 0.400. The molecule has 0 radical (unpaired) electrons. The number of carbonyl (C=O) groups is 1. The largest absolute Gasteiger partial charge is 0.395 e. The van der Waals surface area contributed by atoms with Crippen molar-refractivity contribution < 1.29 is 9.90 Å². The predicted molar refractivity (Wildman–Crippen MR) is 69.8 cm³/mol. The Hall–Kier alpha value is -0.940. The molecule has 0 saturated heterocycles. The molecule has 0 aromatic carbocycles. The van der Waals surface area contributed by atoms with Gasteiger partial charge in [0.1, 0.15) is 5.69 Å². The third kappa shape index (κ3) is 4.09. The Kier molecular flexibility index (Phi) is 6.15. The average Bonchev–Trinajstić information content (AvgIpc) is 2.34. The first-order valence-corrected chi connectivity index (χ1v) is 6.50. The molecule has 5 heteroatoms. The Morgan fingerprint density at radius 2 is 2.29 bits per heavy atom. The smallest absolute Gasteiger partial charge is 0.273 e. The van der Waals surface area contributed by atoms with Crippen molar-refractivity contribution in [3.63, 3.8) is 0 Å². The van der Waals surface area contributed by atoms with Crippen molar-refractivity contribution in [2.24, 2.45) is 0 Å². The van der Waals surface area contributed by atoms with Crippen LogP contribution in [0.25, 0.3) is 0 Å². The summed E-state index contributed by atoms with van der Waals surface area (Å²) in [7, 11) is 0. The highest BCUT2D eigenvalue weighted by molar-refractivity contribution is 9.10. The lowest BCUT2D eigenvalue weighted by atomic mass is 10.2. The van der Waals surface area contributed by atoms with Gasteiger partial charge in [0.2, 0.25) is 0 Å². The maximum Gasteiger partial charge on any atom is 0.273 e. The Labute approximate surface area is 110 Å². The fourth-order valence-electron chi connectivity index (χ4n) is 1.48. The minimum Gasteiger partial charge on any atom is -0.395 e. The quantitative estimate of drug-likeness (QED) is 0.875. The molecule has 0 bridgehead atoms. The van der Waals surface area contributed by atoms with Crippen LogP contribution >= 0.6 is 15.9 Å². The Bertz CT molecular complexity index is 371. The standard InChI is InChI=1S/C12H17BrN2O2/c1-2-3-7-15(8-9-16)12(17)11-10(13)5-4-6-14-11/h4-6,16H,2-3,7-9H2,1H3. The molecule has 0 spiro atoms. The molecule has 0 fully saturated rings. The summed E-state index contributed by atoms with van der Waals surface area (Å²) < 4.78 is 0.685. The third-order valence-electron chi connectivity index (χ3n) is 2.40. The van der Waals surface area contributed by atoms with E-state index in [9.17, 15) is 4.79 Å². The van der Waals surface area contributed by atoms with Gasteiger partial charge in [-0.15, -0.1) is 0 Å². The third-order valence-corrected chi connectivity index (χ3v) is 3.04. The number of carbonyl (C=O) groups excluding carboxylic acids is 1. The van der Waals surface area contributed by atoms with Crippen LogP contribution in [0.4, 0.5) is 0 Å². The van der Waals surface area contributed by atoms with E-state index in [2.05, 4.69) is 27.8 Å². The molecule has 1 rings (SSSR count). The van der Waals surface area contributed by atoms with Crippen molar-refractivity contribution in [1.29, 1.82) is 0 Å². The maximum absolute atomic E-state index is 12.2. The zero-order valence-corrected chi connectivity index (χ0v) is 11.5. The zero-order chi connectivity index (χ0) is 12.7. The number of unbranched alkanes of at least 4 members (excludes halogenated alkanes) is 1. The Morgan fingerprint density at radius 1 is 1.53 bits per heavy atom. The molecule has 1 aromatic heterocycles. The minimum absolute atomic E-state index is 0.0279. The fourth-order valence-corrected chi connectivity index (χ4v) is 1.90. The number of aliphatic hydroxyl groups excluding tert-OH is 1. The molecule has 0 aliphatic carbocycles. The van der Waals surface area contributed by atoms with Crippen LogP contribution in [0.1, 0.15) is 30.3 Å². The van der Waals surface area contributed by atoms with Gasteiger partial charge in [-0.1, -0.05) is 13.3 Å². The molecule has 0 unspecified atom stereocenters. The molecule has 0 aliphatic rings. The van der Waals surface area contributed by atoms with Crippen molar-refractivity contribution in [1.82, 2.24) is 9.88 Å². The molecule has 0 saturated carbocycles. The molecule has 1 heterocycles. The second-order valence-electron chi connectivity index (χ2n) is 3.70. The van der Waals surface area contributed by atoms with E-state index in [0.29, 0.717) is 23.3 Å². The van der Waals surface area contributed by atoms with Crippen LogP contribution in [0.15, 0.2) is 22.8 Å². The van der Waals surface area contributed by atoms with Gasteiger partial charge in [-0.2, -0.15) is 0 Å². The lowest BCUT2D eigenvalue weighted by Gasteiger charge is -2.21. The number of aromatic nitrogens is 1. The number of hydrogen-bond donors (Lipinski definition) is 1. The van der Waals surface area contributed by atoms with E-state index in [1.165, 1.54) is 0 Å². The highest BCUT2D eigenvalue weighted by atomic mass is 79.9. The van der Waals surface area contributed by atoms with Crippen LogP contribution < -0.4 is 0 Å². The maximum atomic E-state index is 12.2. The van der Waals surface area contributed by atoms with E-state index >= 15 is 0 Å². The van der Waals surface area contributed by atoms with Gasteiger partial charge < -0.3 is 10.0 Å². The number of aliphatic hydroxyl groups is 1. The molecular weight excluding hydrogens is 284 g/mol. The lowest BCUT2D eigenvalue weighted by Crippen LogP contribution is -2.35. The highest BCUT2D eigenvalue weighted by Gasteiger charge is 2.18. The van der Waals surface area contributed by atoms with Gasteiger partial charge in [0.05, 0.1) is 6.61 Å². The summed E-state index contributed by atoms with van der Waals surface area (Å²) in [5, 5.41) is 8.98. The molecule has 1 N–H and O–H groups in total. The van der Waals surface area contributed by atoms with Crippen molar-refractivity contribution in [3.8, 4) is 0 Å². The molecular formula is C12H17BrN2O2. The summed E-state index contributed by atoms with van der Waals surface area (Å²) in [6.07, 6.45) is 3.53. The molecule has 4 nitrogen and oxygen atoms in total. The van der Waals surface area contributed by atoms with Crippen molar-refractivity contribution >= 4 is 21.8 Å². The van der Waals surface area contributed by atoms with Gasteiger partial charge >= 0.3 is 0 Å². The summed E-state index contributed by atoms with van der Waals surface area (Å²) in [6.45, 7) is 3.04. The first-order chi connectivity index (χ1) is 8.20. The number of hydrogen-bond acceptors (Lipinski definition) is 3. The lowest BCUT2D eigenvalue weighted by molar-refractivity contribution is 0.0712. The Morgan fingerprint density at radius 3 is 2.88 bits per heavy atom. The first kappa shape index (κ1) is 14.1. The van der Waals surface area contributed by atoms with E-state index in [0.717, 1.165) is 12.8 Å². The van der Waals surface area contributed by atoms with Gasteiger partial charge in [0.25, 0.3) is 5.91 Å². The normalized spacial score (nSPS) is 10.3. The topological polar surface area (TPSA) is 53.4 Å². The van der Waals surface area contributed by atoms with Crippen LogP contribution in [0, 0.1) is 0 Å². The second-order valence-corrected chi connectivity index (χ2v) is 4.56. The van der Waals surface area contributed by atoms with Gasteiger partial charge in [0.15, 0.2) is 0 Å². The predicted octanol–water partition coefficient (Wildman–Crippen LogP) is 2.08. The summed E-state index contributed by atoms with van der Waals surface area (Å²) in [5.74, 6) is -0.139. The molecule has 0 atom stereocenters. The summed E-state index contributed by atoms with van der Waals surface area (Å²) >= 11 is 3.31. The van der Waals surface area contributed by atoms with E-state index in [1.807, 2.05) is 0 Å². The van der Waals surface area contributed by atoms with Crippen LogP contribution in [0.3, 0.4) is 0 Å².